The molecular formula is C23H22ClN5O2S. The standard InChI is InChI=1S/C23H22ClN5O2S/c24-17-4-6-18(7-5-17)27-21(31)19-3-1-10-26-23(19)32-22(16-8-11-25-12-9-16)28-20(30)15-29-13-2-14-29/h1,3-12,22H,2,13-15H2,(H,27,31)(H,28,30). The van der Waals surface area contributed by atoms with E-state index in [9.17, 15) is 9.59 Å². The van der Waals surface area contributed by atoms with Gasteiger partial charge < -0.3 is 10.6 Å². The summed E-state index contributed by atoms with van der Waals surface area (Å²) in [5, 5.41) is 6.63. The number of pyridine rings is 2. The number of anilines is 1. The first-order valence-corrected chi connectivity index (χ1v) is 11.4. The Labute approximate surface area is 195 Å². The molecule has 1 aliphatic rings. The lowest BCUT2D eigenvalue weighted by Crippen LogP contribution is -2.44. The van der Waals surface area contributed by atoms with Gasteiger partial charge in [-0.1, -0.05) is 23.4 Å². The van der Waals surface area contributed by atoms with Crippen LogP contribution in [0.1, 0.15) is 27.7 Å². The van der Waals surface area contributed by atoms with Crippen molar-refractivity contribution < 1.29 is 9.59 Å². The third-order valence-corrected chi connectivity index (χ3v) is 6.39. The van der Waals surface area contributed by atoms with E-state index in [-0.39, 0.29) is 11.8 Å². The molecule has 0 radical (unpaired) electrons. The van der Waals surface area contributed by atoms with Crippen LogP contribution in [0.15, 0.2) is 72.1 Å². The van der Waals surface area contributed by atoms with E-state index in [1.54, 1.807) is 55.0 Å². The minimum atomic E-state index is -0.413. The predicted octanol–water partition coefficient (Wildman–Crippen LogP) is 4.00. The summed E-state index contributed by atoms with van der Waals surface area (Å²) in [4.78, 5) is 36.1. The number of amides is 2. The molecule has 7 nitrogen and oxygen atoms in total. The number of likely N-dealkylation sites (tertiary alicyclic amines) is 1. The number of halogens is 1. The van der Waals surface area contributed by atoms with Crippen LogP contribution < -0.4 is 10.6 Å². The smallest absolute Gasteiger partial charge is 0.258 e. The molecule has 1 aliphatic heterocycles. The first-order valence-electron chi connectivity index (χ1n) is 10.2. The molecule has 1 saturated heterocycles. The third kappa shape index (κ3) is 5.85. The fraction of sp³-hybridized carbons (Fsp3) is 0.217. The van der Waals surface area contributed by atoms with E-state index in [2.05, 4.69) is 25.5 Å². The van der Waals surface area contributed by atoms with Crippen molar-refractivity contribution in [1.29, 1.82) is 0 Å². The Balaban J connectivity index is 1.53. The van der Waals surface area contributed by atoms with Crippen LogP contribution in [0.5, 0.6) is 0 Å². The molecular weight excluding hydrogens is 446 g/mol. The van der Waals surface area contributed by atoms with Crippen LogP contribution >= 0.6 is 23.4 Å². The molecule has 32 heavy (non-hydrogen) atoms. The van der Waals surface area contributed by atoms with Gasteiger partial charge in [-0.2, -0.15) is 0 Å². The van der Waals surface area contributed by atoms with Gasteiger partial charge in [-0.05, 0) is 73.6 Å². The summed E-state index contributed by atoms with van der Waals surface area (Å²) in [6.07, 6.45) is 6.11. The number of benzene rings is 1. The highest BCUT2D eigenvalue weighted by atomic mass is 35.5. The lowest BCUT2D eigenvalue weighted by Gasteiger charge is -2.30. The van der Waals surface area contributed by atoms with Crippen molar-refractivity contribution in [3.63, 3.8) is 0 Å². The van der Waals surface area contributed by atoms with Crippen molar-refractivity contribution in [3.8, 4) is 0 Å². The van der Waals surface area contributed by atoms with Crippen molar-refractivity contribution in [1.82, 2.24) is 20.2 Å². The molecule has 2 N–H and O–H groups in total. The molecule has 0 bridgehead atoms. The molecule has 2 amide bonds. The van der Waals surface area contributed by atoms with Crippen LogP contribution in [0.4, 0.5) is 5.69 Å². The van der Waals surface area contributed by atoms with Crippen LogP contribution in [-0.4, -0.2) is 46.3 Å². The molecule has 9 heteroatoms. The average molecular weight is 468 g/mol. The van der Waals surface area contributed by atoms with Crippen molar-refractivity contribution in [3.05, 3.63) is 83.3 Å². The van der Waals surface area contributed by atoms with Crippen LogP contribution in [-0.2, 0) is 4.79 Å². The largest absolute Gasteiger partial charge is 0.339 e. The molecule has 0 spiro atoms. The molecule has 4 rings (SSSR count). The maximum absolute atomic E-state index is 13.0. The van der Waals surface area contributed by atoms with Crippen molar-refractivity contribution in [2.75, 3.05) is 25.0 Å². The number of nitrogens with zero attached hydrogens (tertiary/aromatic N) is 3. The summed E-state index contributed by atoms with van der Waals surface area (Å²) in [5.74, 6) is -0.356. The Morgan fingerprint density at radius 2 is 1.81 bits per heavy atom. The monoisotopic (exact) mass is 467 g/mol. The Morgan fingerprint density at radius 1 is 1.06 bits per heavy atom. The van der Waals surface area contributed by atoms with E-state index in [1.165, 1.54) is 11.8 Å². The number of nitrogens with one attached hydrogen (secondary N) is 2. The molecule has 164 valence electrons. The van der Waals surface area contributed by atoms with E-state index in [0.717, 1.165) is 25.1 Å². The fourth-order valence-corrected chi connectivity index (χ4v) is 4.40. The highest BCUT2D eigenvalue weighted by molar-refractivity contribution is 7.99. The summed E-state index contributed by atoms with van der Waals surface area (Å²) < 4.78 is 0. The number of hydrogen-bond acceptors (Lipinski definition) is 6. The van der Waals surface area contributed by atoms with Crippen LogP contribution in [0.25, 0.3) is 0 Å². The Hall–Kier alpha value is -2.94. The van der Waals surface area contributed by atoms with Crippen LogP contribution in [0, 0.1) is 0 Å². The normalized spacial score (nSPS) is 14.3. The van der Waals surface area contributed by atoms with Crippen molar-refractivity contribution in [2.45, 2.75) is 16.8 Å². The summed E-state index contributed by atoms with van der Waals surface area (Å²) in [7, 11) is 0. The summed E-state index contributed by atoms with van der Waals surface area (Å²) in [5.41, 5.74) is 1.92. The second-order valence-corrected chi connectivity index (χ2v) is 8.82. The summed E-state index contributed by atoms with van der Waals surface area (Å²) in [6.45, 7) is 2.24. The van der Waals surface area contributed by atoms with Crippen molar-refractivity contribution >= 4 is 40.9 Å². The first kappa shape index (κ1) is 22.3. The Kier molecular flexibility index (Phi) is 7.36. The zero-order valence-corrected chi connectivity index (χ0v) is 18.8. The van der Waals surface area contributed by atoms with Gasteiger partial charge >= 0.3 is 0 Å². The topological polar surface area (TPSA) is 87.2 Å². The maximum atomic E-state index is 13.0. The minimum Gasteiger partial charge on any atom is -0.339 e. The van der Waals surface area contributed by atoms with Gasteiger partial charge in [0.2, 0.25) is 5.91 Å². The minimum absolute atomic E-state index is 0.0675. The molecule has 1 fully saturated rings. The molecule has 3 aromatic rings. The first-order chi connectivity index (χ1) is 15.6. The quantitative estimate of drug-likeness (QED) is 0.384. The van der Waals surface area contributed by atoms with E-state index in [0.29, 0.717) is 27.8 Å². The van der Waals surface area contributed by atoms with E-state index in [1.807, 2.05) is 12.1 Å². The molecule has 0 saturated carbocycles. The lowest BCUT2D eigenvalue weighted by molar-refractivity contribution is -0.123. The van der Waals surface area contributed by atoms with Crippen LogP contribution in [0.2, 0.25) is 5.02 Å². The lowest BCUT2D eigenvalue weighted by atomic mass is 10.2. The van der Waals surface area contributed by atoms with E-state index < -0.39 is 5.37 Å². The highest BCUT2D eigenvalue weighted by Gasteiger charge is 2.23. The second-order valence-electron chi connectivity index (χ2n) is 7.29. The number of aromatic nitrogens is 2. The van der Waals surface area contributed by atoms with Crippen molar-refractivity contribution in [2.24, 2.45) is 0 Å². The molecule has 2 aromatic heterocycles. The number of carbonyl (C=O) groups is 2. The molecule has 0 aliphatic carbocycles. The van der Waals surface area contributed by atoms with Gasteiger partial charge in [0.05, 0.1) is 12.1 Å². The number of thioether (sulfide) groups is 1. The SMILES string of the molecule is O=C(CN1CCC1)NC(Sc1ncccc1C(=O)Nc1ccc(Cl)cc1)c1ccncc1. The van der Waals surface area contributed by atoms with E-state index in [4.69, 9.17) is 11.6 Å². The number of carbonyl (C=O) groups excluding carboxylic acids is 2. The molecule has 3 heterocycles. The van der Waals surface area contributed by atoms with Crippen LogP contribution in [0.3, 0.4) is 0 Å². The predicted molar refractivity (Wildman–Crippen MR) is 126 cm³/mol. The summed E-state index contributed by atoms with van der Waals surface area (Å²) >= 11 is 7.24. The highest BCUT2D eigenvalue weighted by Crippen LogP contribution is 2.34. The van der Waals surface area contributed by atoms with Gasteiger partial charge in [0.15, 0.2) is 0 Å². The average Bonchev–Trinajstić information content (AvgIpc) is 2.78. The van der Waals surface area contributed by atoms with Gasteiger partial charge in [-0.25, -0.2) is 4.98 Å². The van der Waals surface area contributed by atoms with Gasteiger partial charge in [0, 0.05) is 29.3 Å². The molecule has 1 atom stereocenters. The number of hydrogen-bond donors (Lipinski definition) is 2. The van der Waals surface area contributed by atoms with Gasteiger partial charge in [0.1, 0.15) is 10.4 Å². The van der Waals surface area contributed by atoms with E-state index >= 15 is 0 Å². The maximum Gasteiger partial charge on any atom is 0.258 e. The second kappa shape index (κ2) is 10.6. The molecule has 1 aromatic carbocycles. The fourth-order valence-electron chi connectivity index (χ4n) is 3.15. The van der Waals surface area contributed by atoms with Gasteiger partial charge in [-0.15, -0.1) is 0 Å². The third-order valence-electron chi connectivity index (χ3n) is 4.96. The number of rotatable bonds is 8. The summed E-state index contributed by atoms with van der Waals surface area (Å²) in [6, 6.07) is 14.0. The zero-order chi connectivity index (χ0) is 22.3. The Bertz CT molecular complexity index is 1080. The molecule has 1 unspecified atom stereocenters. The van der Waals surface area contributed by atoms with Gasteiger partial charge in [0.25, 0.3) is 5.91 Å². The zero-order valence-electron chi connectivity index (χ0n) is 17.2. The van der Waals surface area contributed by atoms with Gasteiger partial charge in [-0.3, -0.25) is 19.5 Å². The Morgan fingerprint density at radius 3 is 2.50 bits per heavy atom.